The molecular formula is C13H21N. The van der Waals surface area contributed by atoms with Crippen molar-refractivity contribution in [1.82, 2.24) is 4.90 Å². The van der Waals surface area contributed by atoms with E-state index in [-0.39, 0.29) is 0 Å². The molecule has 0 radical (unpaired) electrons. The van der Waals surface area contributed by atoms with E-state index in [1.807, 2.05) is 12.2 Å². The quantitative estimate of drug-likeness (QED) is 0.619. The van der Waals surface area contributed by atoms with Gasteiger partial charge in [-0.3, -0.25) is 4.90 Å². The van der Waals surface area contributed by atoms with Gasteiger partial charge in [0.1, 0.15) is 0 Å². The number of likely N-dealkylation sites (tertiary alicyclic amines) is 1. The van der Waals surface area contributed by atoms with Gasteiger partial charge in [0.2, 0.25) is 0 Å². The van der Waals surface area contributed by atoms with Crippen LogP contribution in [0.5, 0.6) is 0 Å². The lowest BCUT2D eigenvalue weighted by molar-refractivity contribution is 0.215. The van der Waals surface area contributed by atoms with E-state index in [1.165, 1.54) is 31.4 Å². The summed E-state index contributed by atoms with van der Waals surface area (Å²) in [7, 11) is 2.22. The van der Waals surface area contributed by atoms with Crippen LogP contribution in [0.25, 0.3) is 0 Å². The molecule has 0 aromatic rings. The number of piperidine rings is 1. The SMILES string of the molecule is C=C/C=C\C(=C/C)C1CCCCN1C. The molecule has 1 fully saturated rings. The summed E-state index contributed by atoms with van der Waals surface area (Å²) in [5.74, 6) is 0. The van der Waals surface area contributed by atoms with E-state index in [2.05, 4.69) is 37.6 Å². The molecule has 0 spiro atoms. The first-order valence-corrected chi connectivity index (χ1v) is 5.45. The minimum Gasteiger partial charge on any atom is -0.299 e. The van der Waals surface area contributed by atoms with Crippen molar-refractivity contribution in [3.8, 4) is 0 Å². The average molecular weight is 191 g/mol. The molecule has 1 unspecified atom stereocenters. The Morgan fingerprint density at radius 2 is 2.21 bits per heavy atom. The fourth-order valence-corrected chi connectivity index (χ4v) is 2.08. The highest BCUT2D eigenvalue weighted by molar-refractivity contribution is 5.26. The highest BCUT2D eigenvalue weighted by Gasteiger charge is 2.20. The van der Waals surface area contributed by atoms with Gasteiger partial charge in [-0.15, -0.1) is 0 Å². The third-order valence-corrected chi connectivity index (χ3v) is 2.91. The van der Waals surface area contributed by atoms with Crippen molar-refractivity contribution in [2.45, 2.75) is 32.2 Å². The van der Waals surface area contributed by atoms with E-state index in [9.17, 15) is 0 Å². The second kappa shape index (κ2) is 5.82. The van der Waals surface area contributed by atoms with Gasteiger partial charge in [-0.25, -0.2) is 0 Å². The van der Waals surface area contributed by atoms with Crippen molar-refractivity contribution in [3.63, 3.8) is 0 Å². The van der Waals surface area contributed by atoms with Gasteiger partial charge in [0, 0.05) is 6.04 Å². The van der Waals surface area contributed by atoms with Crippen molar-refractivity contribution in [3.05, 3.63) is 36.5 Å². The Morgan fingerprint density at radius 1 is 1.43 bits per heavy atom. The molecule has 1 heterocycles. The minimum absolute atomic E-state index is 0.616. The maximum Gasteiger partial charge on any atom is 0.0341 e. The van der Waals surface area contributed by atoms with E-state index in [1.54, 1.807) is 0 Å². The lowest BCUT2D eigenvalue weighted by Crippen LogP contribution is -2.37. The maximum absolute atomic E-state index is 3.70. The fourth-order valence-electron chi connectivity index (χ4n) is 2.08. The molecule has 1 saturated heterocycles. The Hall–Kier alpha value is -0.820. The largest absolute Gasteiger partial charge is 0.299 e. The van der Waals surface area contributed by atoms with Crippen LogP contribution < -0.4 is 0 Å². The molecule has 0 N–H and O–H groups in total. The number of allylic oxidation sites excluding steroid dienone is 3. The molecule has 1 aliphatic rings. The first-order valence-electron chi connectivity index (χ1n) is 5.45. The summed E-state index contributed by atoms with van der Waals surface area (Å²) in [6, 6.07) is 0.616. The third kappa shape index (κ3) is 2.85. The van der Waals surface area contributed by atoms with Crippen LogP contribution in [0.3, 0.4) is 0 Å². The predicted molar refractivity (Wildman–Crippen MR) is 63.4 cm³/mol. The molecule has 1 heteroatoms. The molecule has 1 aliphatic heterocycles. The van der Waals surface area contributed by atoms with Crippen LogP contribution in [0.15, 0.2) is 36.5 Å². The molecule has 0 bridgehead atoms. The number of hydrogen-bond acceptors (Lipinski definition) is 1. The van der Waals surface area contributed by atoms with Crippen LogP contribution >= 0.6 is 0 Å². The van der Waals surface area contributed by atoms with Crippen LogP contribution in [-0.4, -0.2) is 24.5 Å². The second-order valence-corrected chi connectivity index (χ2v) is 3.88. The molecule has 0 aliphatic carbocycles. The summed E-state index contributed by atoms with van der Waals surface area (Å²) in [6.07, 6.45) is 12.2. The van der Waals surface area contributed by atoms with Gasteiger partial charge in [-0.2, -0.15) is 0 Å². The van der Waals surface area contributed by atoms with E-state index in [0.717, 1.165) is 0 Å². The summed E-state index contributed by atoms with van der Waals surface area (Å²) in [5, 5.41) is 0. The van der Waals surface area contributed by atoms with E-state index in [0.29, 0.717) is 6.04 Å². The molecular weight excluding hydrogens is 170 g/mol. The Morgan fingerprint density at radius 3 is 2.79 bits per heavy atom. The van der Waals surface area contributed by atoms with Crippen molar-refractivity contribution in [2.75, 3.05) is 13.6 Å². The van der Waals surface area contributed by atoms with E-state index in [4.69, 9.17) is 0 Å². The molecule has 14 heavy (non-hydrogen) atoms. The van der Waals surface area contributed by atoms with Crippen molar-refractivity contribution < 1.29 is 0 Å². The monoisotopic (exact) mass is 191 g/mol. The van der Waals surface area contributed by atoms with Gasteiger partial charge in [-0.1, -0.05) is 37.3 Å². The lowest BCUT2D eigenvalue weighted by atomic mass is 9.95. The van der Waals surface area contributed by atoms with Gasteiger partial charge in [0.15, 0.2) is 0 Å². The maximum atomic E-state index is 3.70. The molecule has 1 atom stereocenters. The number of nitrogens with zero attached hydrogens (tertiary/aromatic N) is 1. The van der Waals surface area contributed by atoms with Gasteiger partial charge in [0.05, 0.1) is 0 Å². The van der Waals surface area contributed by atoms with Crippen LogP contribution in [0.2, 0.25) is 0 Å². The van der Waals surface area contributed by atoms with Gasteiger partial charge < -0.3 is 0 Å². The smallest absolute Gasteiger partial charge is 0.0341 e. The van der Waals surface area contributed by atoms with Crippen molar-refractivity contribution in [2.24, 2.45) is 0 Å². The van der Waals surface area contributed by atoms with Gasteiger partial charge >= 0.3 is 0 Å². The first-order chi connectivity index (χ1) is 6.79. The summed E-state index contributed by atoms with van der Waals surface area (Å²) in [5.41, 5.74) is 1.42. The molecule has 0 aromatic carbocycles. The normalized spacial score (nSPS) is 25.6. The first kappa shape index (κ1) is 11.3. The second-order valence-electron chi connectivity index (χ2n) is 3.88. The third-order valence-electron chi connectivity index (χ3n) is 2.91. The Kier molecular flexibility index (Phi) is 4.68. The molecule has 78 valence electrons. The molecule has 0 saturated carbocycles. The van der Waals surface area contributed by atoms with Crippen LogP contribution in [-0.2, 0) is 0 Å². The standard InChI is InChI=1S/C13H21N/c1-4-6-9-12(5-2)13-10-7-8-11-14(13)3/h4-6,9,13H,1,7-8,10-11H2,2-3H3/b9-6-,12-5+. The van der Waals surface area contributed by atoms with Gasteiger partial charge in [0.25, 0.3) is 0 Å². The lowest BCUT2D eigenvalue weighted by Gasteiger charge is -2.33. The highest BCUT2D eigenvalue weighted by Crippen LogP contribution is 2.22. The van der Waals surface area contributed by atoms with Crippen molar-refractivity contribution >= 4 is 0 Å². The summed E-state index contributed by atoms with van der Waals surface area (Å²) in [4.78, 5) is 2.45. The zero-order chi connectivity index (χ0) is 10.4. The van der Waals surface area contributed by atoms with Gasteiger partial charge in [-0.05, 0) is 38.9 Å². The summed E-state index contributed by atoms with van der Waals surface area (Å²) < 4.78 is 0. The van der Waals surface area contributed by atoms with Crippen molar-refractivity contribution in [1.29, 1.82) is 0 Å². The van der Waals surface area contributed by atoms with Crippen LogP contribution in [0.4, 0.5) is 0 Å². The highest BCUT2D eigenvalue weighted by atomic mass is 15.1. The molecule has 1 rings (SSSR count). The van der Waals surface area contributed by atoms with E-state index >= 15 is 0 Å². The zero-order valence-corrected chi connectivity index (χ0v) is 9.37. The molecule has 0 amide bonds. The fraction of sp³-hybridized carbons (Fsp3) is 0.538. The zero-order valence-electron chi connectivity index (χ0n) is 9.37. The molecule has 0 aromatic heterocycles. The predicted octanol–water partition coefficient (Wildman–Crippen LogP) is 3.16. The summed E-state index contributed by atoms with van der Waals surface area (Å²) >= 11 is 0. The minimum atomic E-state index is 0.616. The Labute approximate surface area is 87.8 Å². The average Bonchev–Trinajstić information content (AvgIpc) is 2.21. The number of rotatable bonds is 3. The van der Waals surface area contributed by atoms with Crippen LogP contribution in [0.1, 0.15) is 26.2 Å². The Bertz CT molecular complexity index is 238. The van der Waals surface area contributed by atoms with Crippen LogP contribution in [0, 0.1) is 0 Å². The molecule has 1 nitrogen and oxygen atoms in total. The topological polar surface area (TPSA) is 3.24 Å². The summed E-state index contributed by atoms with van der Waals surface area (Å²) in [6.45, 7) is 7.05. The number of likely N-dealkylation sites (N-methyl/N-ethyl adjacent to an activating group) is 1. The van der Waals surface area contributed by atoms with E-state index < -0.39 is 0 Å². The Balaban J connectivity index is 2.67. The number of hydrogen-bond donors (Lipinski definition) is 0.